The molecule has 0 aliphatic carbocycles. The zero-order valence-electron chi connectivity index (χ0n) is 13.0. The van der Waals surface area contributed by atoms with Gasteiger partial charge in [-0.3, -0.25) is 9.36 Å². The number of hydrogen-bond acceptors (Lipinski definition) is 3. The van der Waals surface area contributed by atoms with E-state index in [0.29, 0.717) is 22.3 Å². The Bertz CT molecular complexity index is 767. The summed E-state index contributed by atoms with van der Waals surface area (Å²) in [6.07, 6.45) is 6.63. The minimum atomic E-state index is -0.0338. The van der Waals surface area contributed by atoms with Crippen LogP contribution in [0.4, 0.5) is 0 Å². The summed E-state index contributed by atoms with van der Waals surface area (Å²) in [5.41, 5.74) is 0.539. The fourth-order valence-corrected chi connectivity index (χ4v) is 3.65. The maximum atomic E-state index is 12.5. The Labute approximate surface area is 135 Å². The number of pyridine rings is 1. The normalized spacial score (nSPS) is 22.0. The van der Waals surface area contributed by atoms with Crippen LogP contribution in [-0.2, 0) is 6.54 Å². The van der Waals surface area contributed by atoms with E-state index in [0.717, 1.165) is 19.0 Å². The molecule has 3 rings (SSSR count). The third kappa shape index (κ3) is 3.13. The minimum Gasteiger partial charge on any atom is -0.333 e. The van der Waals surface area contributed by atoms with Gasteiger partial charge in [-0.05, 0) is 50.5 Å². The van der Waals surface area contributed by atoms with E-state index < -0.39 is 0 Å². The molecule has 0 amide bonds. The van der Waals surface area contributed by atoms with E-state index in [-0.39, 0.29) is 5.56 Å². The van der Waals surface area contributed by atoms with Crippen LogP contribution < -0.4 is 10.5 Å². The van der Waals surface area contributed by atoms with Gasteiger partial charge in [-0.15, -0.1) is 0 Å². The lowest BCUT2D eigenvalue weighted by Gasteiger charge is -2.30. The Morgan fingerprint density at radius 3 is 3.18 bits per heavy atom. The SMILES string of the molecule is CC1CCCC[NH+]1CCCn1c(=S)[nH]c2ncccc2c1=O. The smallest absolute Gasteiger partial charge is 0.263 e. The van der Waals surface area contributed by atoms with Crippen molar-refractivity contribution in [3.8, 4) is 0 Å². The summed E-state index contributed by atoms with van der Waals surface area (Å²) in [5, 5.41) is 0.606. The van der Waals surface area contributed by atoms with Gasteiger partial charge >= 0.3 is 0 Å². The molecule has 2 aromatic rings. The molecular weight excluding hydrogens is 296 g/mol. The molecule has 1 saturated heterocycles. The summed E-state index contributed by atoms with van der Waals surface area (Å²) < 4.78 is 2.14. The first kappa shape index (κ1) is 15.4. The van der Waals surface area contributed by atoms with Gasteiger partial charge in [-0.25, -0.2) is 4.98 Å². The molecule has 6 heteroatoms. The second-order valence-corrected chi connectivity index (χ2v) is 6.58. The highest BCUT2D eigenvalue weighted by atomic mass is 32.1. The maximum Gasteiger partial charge on any atom is 0.263 e. The summed E-state index contributed by atoms with van der Waals surface area (Å²) >= 11 is 5.32. The Morgan fingerprint density at radius 2 is 2.36 bits per heavy atom. The second-order valence-electron chi connectivity index (χ2n) is 6.20. The Kier molecular flexibility index (Phi) is 4.69. The number of rotatable bonds is 4. The third-order valence-corrected chi connectivity index (χ3v) is 5.04. The number of quaternary nitrogens is 1. The van der Waals surface area contributed by atoms with Gasteiger partial charge in [0.2, 0.25) is 0 Å². The van der Waals surface area contributed by atoms with E-state index in [4.69, 9.17) is 12.2 Å². The number of nitrogens with one attached hydrogen (secondary N) is 2. The molecule has 0 bridgehead atoms. The van der Waals surface area contributed by atoms with Crippen LogP contribution in [0.1, 0.15) is 32.6 Å². The lowest BCUT2D eigenvalue weighted by atomic mass is 10.0. The predicted octanol–water partition coefficient (Wildman–Crippen LogP) is 1.30. The van der Waals surface area contributed by atoms with E-state index in [2.05, 4.69) is 16.9 Å². The number of fused-ring (bicyclic) bond motifs is 1. The van der Waals surface area contributed by atoms with Crippen LogP contribution in [0, 0.1) is 4.77 Å². The van der Waals surface area contributed by atoms with Gasteiger partial charge in [0.05, 0.1) is 24.5 Å². The van der Waals surface area contributed by atoms with E-state index in [1.807, 2.05) is 0 Å². The number of hydrogen-bond donors (Lipinski definition) is 2. The molecule has 2 atom stereocenters. The molecule has 3 heterocycles. The predicted molar refractivity (Wildman–Crippen MR) is 89.8 cm³/mol. The average Bonchev–Trinajstić information content (AvgIpc) is 2.52. The van der Waals surface area contributed by atoms with Crippen molar-refractivity contribution in [2.24, 2.45) is 0 Å². The van der Waals surface area contributed by atoms with Crippen LogP contribution in [0.2, 0.25) is 0 Å². The topological polar surface area (TPSA) is 55.1 Å². The number of likely N-dealkylation sites (tertiary alicyclic amines) is 1. The summed E-state index contributed by atoms with van der Waals surface area (Å²) in [4.78, 5) is 21.4. The van der Waals surface area contributed by atoms with Crippen molar-refractivity contribution in [3.63, 3.8) is 0 Å². The lowest BCUT2D eigenvalue weighted by Crippen LogP contribution is -3.16. The number of piperidine rings is 1. The highest BCUT2D eigenvalue weighted by molar-refractivity contribution is 7.71. The fraction of sp³-hybridized carbons (Fsp3) is 0.562. The van der Waals surface area contributed by atoms with Crippen LogP contribution in [0.15, 0.2) is 23.1 Å². The van der Waals surface area contributed by atoms with Crippen molar-refractivity contribution in [1.29, 1.82) is 0 Å². The molecular formula is C16H23N4OS+. The van der Waals surface area contributed by atoms with Crippen molar-refractivity contribution in [2.75, 3.05) is 13.1 Å². The van der Waals surface area contributed by atoms with Gasteiger partial charge in [0, 0.05) is 19.2 Å². The molecule has 22 heavy (non-hydrogen) atoms. The minimum absolute atomic E-state index is 0.0338. The molecule has 0 saturated carbocycles. The van der Waals surface area contributed by atoms with E-state index in [1.54, 1.807) is 27.8 Å². The largest absolute Gasteiger partial charge is 0.333 e. The van der Waals surface area contributed by atoms with Crippen molar-refractivity contribution >= 4 is 23.3 Å². The highest BCUT2D eigenvalue weighted by Crippen LogP contribution is 2.04. The number of nitrogens with zero attached hydrogens (tertiary/aromatic N) is 2. The first-order valence-corrected chi connectivity index (χ1v) is 8.50. The van der Waals surface area contributed by atoms with Crippen molar-refractivity contribution < 1.29 is 4.90 Å². The van der Waals surface area contributed by atoms with Gasteiger partial charge < -0.3 is 9.88 Å². The van der Waals surface area contributed by atoms with Crippen LogP contribution in [0.3, 0.4) is 0 Å². The standard InChI is InChI=1S/C16H22N4OS/c1-12-6-2-3-9-19(12)10-5-11-20-15(21)13-7-4-8-17-14(13)18-16(20)22/h4,7-8,12H,2-3,5-6,9-11H2,1H3,(H,17,18,22)/p+1. The zero-order valence-corrected chi connectivity index (χ0v) is 13.8. The van der Waals surface area contributed by atoms with Crippen LogP contribution in [-0.4, -0.2) is 33.7 Å². The quantitative estimate of drug-likeness (QED) is 0.835. The number of aromatic nitrogens is 3. The van der Waals surface area contributed by atoms with Gasteiger partial charge in [0.25, 0.3) is 5.56 Å². The van der Waals surface area contributed by atoms with Gasteiger partial charge in [-0.1, -0.05) is 0 Å². The van der Waals surface area contributed by atoms with E-state index in [1.165, 1.54) is 25.8 Å². The molecule has 2 aromatic heterocycles. The first-order valence-electron chi connectivity index (χ1n) is 8.09. The van der Waals surface area contributed by atoms with Crippen molar-refractivity contribution in [3.05, 3.63) is 33.5 Å². The molecule has 0 aromatic carbocycles. The third-order valence-electron chi connectivity index (χ3n) is 4.72. The van der Waals surface area contributed by atoms with Crippen molar-refractivity contribution in [2.45, 2.75) is 45.2 Å². The van der Waals surface area contributed by atoms with Gasteiger partial charge in [0.1, 0.15) is 5.65 Å². The maximum absolute atomic E-state index is 12.5. The lowest BCUT2D eigenvalue weighted by molar-refractivity contribution is -0.928. The molecule has 1 fully saturated rings. The molecule has 2 unspecified atom stereocenters. The van der Waals surface area contributed by atoms with Crippen LogP contribution in [0.25, 0.3) is 11.0 Å². The van der Waals surface area contributed by atoms with Crippen molar-refractivity contribution in [1.82, 2.24) is 14.5 Å². The van der Waals surface area contributed by atoms with Gasteiger partial charge in [-0.2, -0.15) is 0 Å². The fourth-order valence-electron chi connectivity index (χ4n) is 3.38. The van der Waals surface area contributed by atoms with Crippen LogP contribution in [0.5, 0.6) is 0 Å². The summed E-state index contributed by atoms with van der Waals surface area (Å²) in [7, 11) is 0. The Balaban J connectivity index is 1.74. The Morgan fingerprint density at radius 1 is 1.50 bits per heavy atom. The summed E-state index contributed by atoms with van der Waals surface area (Å²) in [5.74, 6) is 0. The molecule has 118 valence electrons. The van der Waals surface area contributed by atoms with E-state index >= 15 is 0 Å². The highest BCUT2D eigenvalue weighted by Gasteiger charge is 2.21. The summed E-state index contributed by atoms with van der Waals surface area (Å²) in [6, 6.07) is 4.32. The molecule has 0 spiro atoms. The van der Waals surface area contributed by atoms with Crippen LogP contribution >= 0.6 is 12.2 Å². The zero-order chi connectivity index (χ0) is 15.5. The Hall–Kier alpha value is -1.53. The molecule has 5 nitrogen and oxygen atoms in total. The average molecular weight is 319 g/mol. The van der Waals surface area contributed by atoms with Gasteiger partial charge in [0.15, 0.2) is 4.77 Å². The molecule has 0 radical (unpaired) electrons. The number of aromatic amines is 1. The monoisotopic (exact) mass is 319 g/mol. The number of H-pyrrole nitrogens is 1. The molecule has 1 aliphatic rings. The second kappa shape index (κ2) is 6.71. The summed E-state index contributed by atoms with van der Waals surface area (Å²) in [6.45, 7) is 5.36. The van der Waals surface area contributed by atoms with E-state index in [9.17, 15) is 4.79 Å². The molecule has 2 N–H and O–H groups in total. The molecule has 1 aliphatic heterocycles. The first-order chi connectivity index (χ1) is 10.7.